The highest BCUT2D eigenvalue weighted by molar-refractivity contribution is 6.35. The average molecular weight is 369 g/mol. The van der Waals surface area contributed by atoms with Crippen LogP contribution in [-0.4, -0.2) is 9.97 Å². The summed E-state index contributed by atoms with van der Waals surface area (Å²) in [6.07, 6.45) is -4.60. The highest BCUT2D eigenvalue weighted by Crippen LogP contribution is 2.35. The molecule has 0 aliphatic carbocycles. The first-order valence-corrected chi connectivity index (χ1v) is 7.57. The lowest BCUT2D eigenvalue weighted by atomic mass is 10.1. The molecule has 0 amide bonds. The molecule has 0 saturated carbocycles. The predicted octanol–water partition coefficient (Wildman–Crippen LogP) is 6.14. The summed E-state index contributed by atoms with van der Waals surface area (Å²) in [7, 11) is 0. The Morgan fingerprint density at radius 2 is 1.54 bits per heavy atom. The van der Waals surface area contributed by atoms with Crippen LogP contribution in [0.1, 0.15) is 5.69 Å². The largest absolute Gasteiger partial charge is 0.433 e. The SMILES string of the molecule is FC(F)(F)c1cc(-c2cc(Cl)ccc2Cl)nc(-c2ccccc2)n1. The minimum absolute atomic E-state index is 0.0310. The van der Waals surface area contributed by atoms with Crippen LogP contribution in [0.25, 0.3) is 22.6 Å². The number of aromatic nitrogens is 2. The van der Waals surface area contributed by atoms with Crippen molar-refractivity contribution in [1.29, 1.82) is 0 Å². The van der Waals surface area contributed by atoms with E-state index in [9.17, 15) is 13.2 Å². The van der Waals surface area contributed by atoms with E-state index < -0.39 is 11.9 Å². The maximum atomic E-state index is 13.2. The molecule has 3 aromatic rings. The second-order valence-corrected chi connectivity index (χ2v) is 5.79. The molecule has 0 spiro atoms. The zero-order valence-electron chi connectivity index (χ0n) is 12.0. The molecule has 1 heterocycles. The van der Waals surface area contributed by atoms with Gasteiger partial charge in [-0.3, -0.25) is 0 Å². The zero-order chi connectivity index (χ0) is 17.3. The summed E-state index contributed by atoms with van der Waals surface area (Å²) >= 11 is 12.0. The summed E-state index contributed by atoms with van der Waals surface area (Å²) in [6, 6.07) is 13.8. The quantitative estimate of drug-likeness (QED) is 0.543. The molecule has 0 bridgehead atoms. The van der Waals surface area contributed by atoms with Gasteiger partial charge in [0.2, 0.25) is 0 Å². The van der Waals surface area contributed by atoms with E-state index in [1.54, 1.807) is 36.4 Å². The van der Waals surface area contributed by atoms with Gasteiger partial charge in [-0.2, -0.15) is 13.2 Å². The van der Waals surface area contributed by atoms with Gasteiger partial charge in [0.1, 0.15) is 5.69 Å². The summed E-state index contributed by atoms with van der Waals surface area (Å²) in [5, 5.41) is 0.605. The third-order valence-electron chi connectivity index (χ3n) is 3.25. The number of hydrogen-bond acceptors (Lipinski definition) is 2. The van der Waals surface area contributed by atoms with Crippen LogP contribution in [-0.2, 0) is 6.18 Å². The summed E-state index contributed by atoms with van der Waals surface area (Å²) in [4.78, 5) is 7.88. The van der Waals surface area contributed by atoms with Crippen molar-refractivity contribution in [3.63, 3.8) is 0 Å². The zero-order valence-corrected chi connectivity index (χ0v) is 13.5. The van der Waals surface area contributed by atoms with Gasteiger partial charge in [-0.05, 0) is 24.3 Å². The Balaban J connectivity index is 2.25. The molecule has 0 radical (unpaired) electrons. The van der Waals surface area contributed by atoms with Gasteiger partial charge in [0.15, 0.2) is 5.82 Å². The van der Waals surface area contributed by atoms with Crippen LogP contribution in [0.2, 0.25) is 10.0 Å². The highest BCUT2D eigenvalue weighted by atomic mass is 35.5. The van der Waals surface area contributed by atoms with Crippen molar-refractivity contribution >= 4 is 23.2 Å². The Labute approximate surface area is 145 Å². The van der Waals surface area contributed by atoms with E-state index in [0.717, 1.165) is 6.07 Å². The Morgan fingerprint density at radius 1 is 0.833 bits per heavy atom. The number of hydrogen-bond donors (Lipinski definition) is 0. The van der Waals surface area contributed by atoms with Crippen LogP contribution in [0.4, 0.5) is 13.2 Å². The normalized spacial score (nSPS) is 11.5. The molecule has 0 fully saturated rings. The van der Waals surface area contributed by atoms with Crippen LogP contribution in [0.3, 0.4) is 0 Å². The van der Waals surface area contributed by atoms with Crippen molar-refractivity contribution < 1.29 is 13.2 Å². The fourth-order valence-electron chi connectivity index (χ4n) is 2.14. The van der Waals surface area contributed by atoms with Gasteiger partial charge < -0.3 is 0 Å². The molecule has 0 aliphatic rings. The minimum Gasteiger partial charge on any atom is -0.228 e. The van der Waals surface area contributed by atoms with Gasteiger partial charge >= 0.3 is 6.18 Å². The molecule has 0 unspecified atom stereocenters. The molecule has 24 heavy (non-hydrogen) atoms. The number of halogens is 5. The number of benzene rings is 2. The third-order valence-corrected chi connectivity index (χ3v) is 3.82. The van der Waals surface area contributed by atoms with Crippen LogP contribution in [0, 0.1) is 0 Å². The molecule has 0 N–H and O–H groups in total. The molecule has 2 aromatic carbocycles. The second kappa shape index (κ2) is 6.42. The molecule has 0 aliphatic heterocycles. The Bertz CT molecular complexity index is 881. The van der Waals surface area contributed by atoms with Gasteiger partial charge in [0.25, 0.3) is 0 Å². The van der Waals surface area contributed by atoms with Crippen molar-refractivity contribution in [3.05, 3.63) is 70.3 Å². The first-order chi connectivity index (χ1) is 11.3. The maximum absolute atomic E-state index is 13.2. The predicted molar refractivity (Wildman–Crippen MR) is 87.9 cm³/mol. The van der Waals surface area contributed by atoms with E-state index in [4.69, 9.17) is 23.2 Å². The van der Waals surface area contributed by atoms with Crippen molar-refractivity contribution in [2.24, 2.45) is 0 Å². The van der Waals surface area contributed by atoms with Gasteiger partial charge in [0, 0.05) is 16.1 Å². The van der Waals surface area contributed by atoms with E-state index in [0.29, 0.717) is 16.1 Å². The fourth-order valence-corrected chi connectivity index (χ4v) is 2.53. The third kappa shape index (κ3) is 3.52. The lowest BCUT2D eigenvalue weighted by molar-refractivity contribution is -0.141. The molecular weight excluding hydrogens is 360 g/mol. The van der Waals surface area contributed by atoms with Gasteiger partial charge in [0.05, 0.1) is 10.7 Å². The second-order valence-electron chi connectivity index (χ2n) is 4.95. The molecule has 3 rings (SSSR count). The van der Waals surface area contributed by atoms with Crippen LogP contribution >= 0.6 is 23.2 Å². The maximum Gasteiger partial charge on any atom is 0.433 e. The lowest BCUT2D eigenvalue weighted by Gasteiger charge is -2.12. The van der Waals surface area contributed by atoms with E-state index in [1.807, 2.05) is 0 Å². The first-order valence-electron chi connectivity index (χ1n) is 6.82. The number of rotatable bonds is 2. The summed E-state index contributed by atoms with van der Waals surface area (Å²) in [6.45, 7) is 0. The molecule has 0 saturated heterocycles. The Hall–Kier alpha value is -2.11. The standard InChI is InChI=1S/C17H9Cl2F3N2/c18-11-6-7-13(19)12(8-11)14-9-15(17(20,21)22)24-16(23-14)10-4-2-1-3-5-10/h1-9H. The summed E-state index contributed by atoms with van der Waals surface area (Å²) in [5.41, 5.74) is -0.191. The van der Waals surface area contributed by atoms with Gasteiger partial charge in [-0.15, -0.1) is 0 Å². The number of nitrogens with zero attached hydrogens (tertiary/aromatic N) is 2. The topological polar surface area (TPSA) is 25.8 Å². The molecule has 0 atom stereocenters. The Morgan fingerprint density at radius 3 is 2.21 bits per heavy atom. The number of alkyl halides is 3. The summed E-state index contributed by atoms with van der Waals surface area (Å²) in [5.74, 6) is -0.0310. The summed E-state index contributed by atoms with van der Waals surface area (Å²) < 4.78 is 39.6. The Kier molecular flexibility index (Phi) is 4.47. The average Bonchev–Trinajstić information content (AvgIpc) is 2.56. The monoisotopic (exact) mass is 368 g/mol. The van der Waals surface area contributed by atoms with Crippen molar-refractivity contribution in [2.45, 2.75) is 6.18 Å². The van der Waals surface area contributed by atoms with E-state index in [-0.39, 0.29) is 16.5 Å². The first kappa shape index (κ1) is 16.7. The van der Waals surface area contributed by atoms with Crippen molar-refractivity contribution in [1.82, 2.24) is 9.97 Å². The molecule has 1 aromatic heterocycles. The molecule has 7 heteroatoms. The highest BCUT2D eigenvalue weighted by Gasteiger charge is 2.34. The molecule has 2 nitrogen and oxygen atoms in total. The fraction of sp³-hybridized carbons (Fsp3) is 0.0588. The minimum atomic E-state index is -4.60. The molecular formula is C17H9Cl2F3N2. The van der Waals surface area contributed by atoms with E-state index in [2.05, 4.69) is 9.97 Å². The van der Waals surface area contributed by atoms with Crippen LogP contribution in [0.5, 0.6) is 0 Å². The van der Waals surface area contributed by atoms with E-state index >= 15 is 0 Å². The van der Waals surface area contributed by atoms with Gasteiger partial charge in [-0.25, -0.2) is 9.97 Å². The van der Waals surface area contributed by atoms with Crippen molar-refractivity contribution in [2.75, 3.05) is 0 Å². The van der Waals surface area contributed by atoms with Crippen LogP contribution in [0.15, 0.2) is 54.6 Å². The smallest absolute Gasteiger partial charge is 0.228 e. The van der Waals surface area contributed by atoms with Crippen molar-refractivity contribution in [3.8, 4) is 22.6 Å². The lowest BCUT2D eigenvalue weighted by Crippen LogP contribution is -2.10. The molecule has 122 valence electrons. The van der Waals surface area contributed by atoms with Crippen LogP contribution < -0.4 is 0 Å². The van der Waals surface area contributed by atoms with E-state index in [1.165, 1.54) is 12.1 Å². The van der Waals surface area contributed by atoms with Gasteiger partial charge in [-0.1, -0.05) is 53.5 Å².